The number of nitrogens with zero attached hydrogens (tertiary/aromatic N) is 1. The number of aliphatic hydroxyl groups excluding tert-OH is 1. The van der Waals surface area contributed by atoms with Crippen LogP contribution < -0.4 is 0 Å². The zero-order valence-corrected chi connectivity index (χ0v) is 11.8. The summed E-state index contributed by atoms with van der Waals surface area (Å²) in [5.41, 5.74) is 0.424. The van der Waals surface area contributed by atoms with E-state index in [0.29, 0.717) is 28.9 Å². The van der Waals surface area contributed by atoms with E-state index in [1.807, 2.05) is 22.6 Å². The fourth-order valence-electron chi connectivity index (χ4n) is 1.88. The van der Waals surface area contributed by atoms with Crippen molar-refractivity contribution in [1.82, 2.24) is 4.90 Å². The van der Waals surface area contributed by atoms with Gasteiger partial charge in [-0.2, -0.15) is 0 Å². The summed E-state index contributed by atoms with van der Waals surface area (Å²) in [5.74, 6) is -0.0979. The van der Waals surface area contributed by atoms with Gasteiger partial charge in [0.05, 0.1) is 29.4 Å². The summed E-state index contributed by atoms with van der Waals surface area (Å²) < 4.78 is 5.93. The van der Waals surface area contributed by atoms with Gasteiger partial charge in [0.2, 0.25) is 0 Å². The smallest absolute Gasteiger partial charge is 0.254 e. The van der Waals surface area contributed by atoms with Gasteiger partial charge in [0.25, 0.3) is 5.91 Å². The number of aliphatic hydroxyl groups is 1. The summed E-state index contributed by atoms with van der Waals surface area (Å²) in [6.07, 6.45) is 0. The van der Waals surface area contributed by atoms with Gasteiger partial charge in [0.15, 0.2) is 0 Å². The Bertz CT molecular complexity index is 452. The van der Waals surface area contributed by atoms with Crippen molar-refractivity contribution >= 4 is 28.5 Å². The van der Waals surface area contributed by atoms with E-state index in [-0.39, 0.29) is 24.3 Å². The Balaban J connectivity index is 2.21. The van der Waals surface area contributed by atoms with Gasteiger partial charge in [0, 0.05) is 12.1 Å². The molecule has 0 aromatic heterocycles. The molecule has 5 nitrogen and oxygen atoms in total. The Kier molecular flexibility index (Phi) is 4.41. The van der Waals surface area contributed by atoms with Crippen LogP contribution in [0.15, 0.2) is 18.2 Å². The van der Waals surface area contributed by atoms with E-state index in [1.54, 1.807) is 17.0 Å². The lowest BCUT2D eigenvalue weighted by atomic mass is 10.1. The van der Waals surface area contributed by atoms with Crippen LogP contribution in [0.4, 0.5) is 0 Å². The van der Waals surface area contributed by atoms with Crippen molar-refractivity contribution in [1.29, 1.82) is 0 Å². The number of rotatable bonds is 2. The molecule has 6 heteroatoms. The normalized spacial score (nSPS) is 19.9. The number of phenolic OH excluding ortho intramolecular Hbond substituents is 1. The molecule has 2 N–H and O–H groups in total. The second kappa shape index (κ2) is 5.85. The van der Waals surface area contributed by atoms with Crippen LogP contribution >= 0.6 is 22.6 Å². The van der Waals surface area contributed by atoms with Gasteiger partial charge >= 0.3 is 0 Å². The molecule has 1 aromatic rings. The molecule has 2 rings (SSSR count). The van der Waals surface area contributed by atoms with Crippen LogP contribution in [0.3, 0.4) is 0 Å². The fourth-order valence-corrected chi connectivity index (χ4v) is 2.22. The molecule has 0 spiro atoms. The minimum Gasteiger partial charge on any atom is -0.507 e. The SMILES string of the molecule is O=C(c1ccc(I)c(O)c1)N1CCOCC1CO. The van der Waals surface area contributed by atoms with Crippen molar-refractivity contribution in [2.24, 2.45) is 0 Å². The lowest BCUT2D eigenvalue weighted by molar-refractivity contribution is -0.0184. The van der Waals surface area contributed by atoms with Crippen LogP contribution in [0.1, 0.15) is 10.4 Å². The predicted octanol–water partition coefficient (Wildman–Crippen LogP) is 0.830. The molecule has 0 saturated carbocycles. The van der Waals surface area contributed by atoms with Crippen LogP contribution in [-0.2, 0) is 4.74 Å². The summed E-state index contributed by atoms with van der Waals surface area (Å²) >= 11 is 2.00. The zero-order valence-electron chi connectivity index (χ0n) is 9.67. The first kappa shape index (κ1) is 13.6. The number of carbonyl (C=O) groups is 1. The summed E-state index contributed by atoms with van der Waals surface area (Å²) in [6.45, 7) is 1.15. The standard InChI is InChI=1S/C12H14INO4/c13-10-2-1-8(5-11(10)16)12(17)14-3-4-18-7-9(14)6-15/h1-2,5,9,15-16H,3-4,6-7H2. The van der Waals surface area contributed by atoms with E-state index in [2.05, 4.69) is 0 Å². The Morgan fingerprint density at radius 1 is 1.56 bits per heavy atom. The van der Waals surface area contributed by atoms with Crippen molar-refractivity contribution in [3.8, 4) is 5.75 Å². The molecule has 1 aliphatic heterocycles. The molecule has 1 aliphatic rings. The first-order valence-electron chi connectivity index (χ1n) is 5.61. The number of hydrogen-bond acceptors (Lipinski definition) is 4. The molecule has 18 heavy (non-hydrogen) atoms. The predicted molar refractivity (Wildman–Crippen MR) is 73.6 cm³/mol. The number of amides is 1. The highest BCUT2D eigenvalue weighted by atomic mass is 127. The lowest BCUT2D eigenvalue weighted by Gasteiger charge is -2.34. The van der Waals surface area contributed by atoms with Gasteiger partial charge < -0.3 is 19.8 Å². The van der Waals surface area contributed by atoms with Crippen molar-refractivity contribution in [2.75, 3.05) is 26.4 Å². The molecule has 0 radical (unpaired) electrons. The second-order valence-electron chi connectivity index (χ2n) is 4.08. The van der Waals surface area contributed by atoms with Crippen molar-refractivity contribution in [3.05, 3.63) is 27.3 Å². The number of aromatic hydroxyl groups is 1. The van der Waals surface area contributed by atoms with Gasteiger partial charge in [-0.05, 0) is 40.8 Å². The Morgan fingerprint density at radius 2 is 2.33 bits per heavy atom. The van der Waals surface area contributed by atoms with Gasteiger partial charge in [-0.1, -0.05) is 0 Å². The van der Waals surface area contributed by atoms with Crippen LogP contribution in [0.2, 0.25) is 0 Å². The monoisotopic (exact) mass is 363 g/mol. The molecule has 1 saturated heterocycles. The molecule has 1 atom stereocenters. The number of halogens is 1. The van der Waals surface area contributed by atoms with Crippen LogP contribution in [-0.4, -0.2) is 53.4 Å². The van der Waals surface area contributed by atoms with Crippen LogP contribution in [0.5, 0.6) is 5.75 Å². The Hall–Kier alpha value is -0.860. The number of hydrogen-bond donors (Lipinski definition) is 2. The molecule has 1 unspecified atom stereocenters. The minimum atomic E-state index is -0.312. The summed E-state index contributed by atoms with van der Waals surface area (Å²) in [6, 6.07) is 4.51. The average Bonchev–Trinajstić information content (AvgIpc) is 2.41. The second-order valence-corrected chi connectivity index (χ2v) is 5.24. The first-order chi connectivity index (χ1) is 8.63. The van der Waals surface area contributed by atoms with E-state index in [0.717, 1.165) is 0 Å². The number of carbonyl (C=O) groups excluding carboxylic acids is 1. The van der Waals surface area contributed by atoms with Crippen molar-refractivity contribution in [3.63, 3.8) is 0 Å². The summed E-state index contributed by atoms with van der Waals surface area (Å²) in [7, 11) is 0. The lowest BCUT2D eigenvalue weighted by Crippen LogP contribution is -2.50. The maximum atomic E-state index is 12.3. The van der Waals surface area contributed by atoms with Gasteiger partial charge in [-0.25, -0.2) is 0 Å². The highest BCUT2D eigenvalue weighted by molar-refractivity contribution is 14.1. The first-order valence-corrected chi connectivity index (χ1v) is 6.69. The number of phenols is 1. The Labute approximate surface area is 119 Å². The molecular weight excluding hydrogens is 349 g/mol. The highest BCUT2D eigenvalue weighted by Gasteiger charge is 2.27. The average molecular weight is 363 g/mol. The third-order valence-electron chi connectivity index (χ3n) is 2.89. The van der Waals surface area contributed by atoms with E-state index >= 15 is 0 Å². The number of morpholine rings is 1. The van der Waals surface area contributed by atoms with Crippen molar-refractivity contribution < 1.29 is 19.7 Å². The number of benzene rings is 1. The van der Waals surface area contributed by atoms with Gasteiger partial charge in [-0.3, -0.25) is 4.79 Å². The molecule has 1 fully saturated rings. The highest BCUT2D eigenvalue weighted by Crippen LogP contribution is 2.22. The Morgan fingerprint density at radius 3 is 3.00 bits per heavy atom. The number of ether oxygens (including phenoxy) is 1. The molecule has 1 aromatic carbocycles. The summed E-state index contributed by atoms with van der Waals surface area (Å²) in [4.78, 5) is 13.9. The molecule has 0 bridgehead atoms. The maximum absolute atomic E-state index is 12.3. The van der Waals surface area contributed by atoms with Crippen LogP contribution in [0.25, 0.3) is 0 Å². The van der Waals surface area contributed by atoms with Gasteiger partial charge in [0.1, 0.15) is 5.75 Å². The van der Waals surface area contributed by atoms with E-state index in [4.69, 9.17) is 4.74 Å². The quantitative estimate of drug-likeness (QED) is 0.764. The topological polar surface area (TPSA) is 70.0 Å². The maximum Gasteiger partial charge on any atom is 0.254 e. The van der Waals surface area contributed by atoms with Crippen LogP contribution in [0, 0.1) is 3.57 Å². The van der Waals surface area contributed by atoms with E-state index in [1.165, 1.54) is 6.07 Å². The zero-order chi connectivity index (χ0) is 13.1. The molecule has 1 amide bonds. The van der Waals surface area contributed by atoms with Crippen molar-refractivity contribution in [2.45, 2.75) is 6.04 Å². The third kappa shape index (κ3) is 2.76. The summed E-state index contributed by atoms with van der Waals surface area (Å²) in [5, 5.41) is 18.8. The van der Waals surface area contributed by atoms with Gasteiger partial charge in [-0.15, -0.1) is 0 Å². The fraction of sp³-hybridized carbons (Fsp3) is 0.417. The van der Waals surface area contributed by atoms with E-state index < -0.39 is 0 Å². The largest absolute Gasteiger partial charge is 0.507 e. The molecule has 1 heterocycles. The molecule has 98 valence electrons. The minimum absolute atomic E-state index is 0.0928. The van der Waals surface area contributed by atoms with E-state index in [9.17, 15) is 15.0 Å². The third-order valence-corrected chi connectivity index (χ3v) is 3.80. The molecular formula is C12H14INO4. The molecule has 0 aliphatic carbocycles.